The fourth-order valence-electron chi connectivity index (χ4n) is 3.25. The summed E-state index contributed by atoms with van der Waals surface area (Å²) in [7, 11) is 0. The highest BCUT2D eigenvalue weighted by molar-refractivity contribution is 5.98. The number of nitrogens with one attached hydrogen (secondary N) is 2. The van der Waals surface area contributed by atoms with E-state index >= 15 is 0 Å². The molecule has 8 nitrogen and oxygen atoms in total. The van der Waals surface area contributed by atoms with E-state index in [1.165, 1.54) is 13.0 Å². The van der Waals surface area contributed by atoms with Crippen molar-refractivity contribution in [2.24, 2.45) is 0 Å². The molecule has 1 unspecified atom stereocenters. The summed E-state index contributed by atoms with van der Waals surface area (Å²) in [5, 5.41) is 4.96. The van der Waals surface area contributed by atoms with Gasteiger partial charge < -0.3 is 14.8 Å². The molecule has 3 rings (SSSR count). The molecule has 1 aromatic carbocycles. The summed E-state index contributed by atoms with van der Waals surface area (Å²) in [4.78, 5) is 40.1. The van der Waals surface area contributed by atoms with Crippen LogP contribution in [0.3, 0.4) is 0 Å². The Kier molecular flexibility index (Phi) is 8.36. The van der Waals surface area contributed by atoms with Crippen molar-refractivity contribution in [3.8, 4) is 5.75 Å². The lowest BCUT2D eigenvalue weighted by Gasteiger charge is -2.15. The normalized spacial score (nSPS) is 14.7. The van der Waals surface area contributed by atoms with Gasteiger partial charge in [0, 0.05) is 18.3 Å². The summed E-state index contributed by atoms with van der Waals surface area (Å²) in [6, 6.07) is 12.3. The molecule has 3 amide bonds. The van der Waals surface area contributed by atoms with Gasteiger partial charge in [0.25, 0.3) is 5.91 Å². The molecule has 32 heavy (non-hydrogen) atoms. The monoisotopic (exact) mass is 437 g/mol. The summed E-state index contributed by atoms with van der Waals surface area (Å²) >= 11 is 0. The molecule has 0 aliphatic heterocycles. The van der Waals surface area contributed by atoms with Gasteiger partial charge in [-0.2, -0.15) is 0 Å². The lowest BCUT2D eigenvalue weighted by molar-refractivity contribution is -0.149. The van der Waals surface area contributed by atoms with Gasteiger partial charge in [-0.05, 0) is 55.7 Å². The first-order valence-corrected chi connectivity index (χ1v) is 10.6. The maximum absolute atomic E-state index is 12.0. The first-order chi connectivity index (χ1) is 15.5. The molecule has 8 heteroatoms. The molecule has 2 N–H and O–H groups in total. The molecule has 1 heterocycles. The number of urea groups is 1. The second kappa shape index (κ2) is 11.6. The molecule has 1 aromatic heterocycles. The van der Waals surface area contributed by atoms with E-state index < -0.39 is 24.0 Å². The van der Waals surface area contributed by atoms with Crippen LogP contribution >= 0.6 is 0 Å². The smallest absolute Gasteiger partial charge is 0.331 e. The number of amides is 3. The second-order valence-corrected chi connectivity index (χ2v) is 7.54. The number of nitrogens with zero attached hydrogens (tertiary/aromatic N) is 1. The van der Waals surface area contributed by atoms with Crippen LogP contribution in [0.15, 0.2) is 54.7 Å². The summed E-state index contributed by atoms with van der Waals surface area (Å²) in [6.07, 6.45) is 7.38. The molecular weight excluding hydrogens is 410 g/mol. The molecule has 1 atom stereocenters. The van der Waals surface area contributed by atoms with E-state index in [0.29, 0.717) is 12.4 Å². The lowest BCUT2D eigenvalue weighted by atomic mass is 10.2. The minimum absolute atomic E-state index is 0.0929. The van der Waals surface area contributed by atoms with E-state index in [1.54, 1.807) is 36.5 Å². The number of benzene rings is 1. The van der Waals surface area contributed by atoms with Crippen LogP contribution in [0.4, 0.5) is 4.79 Å². The number of carbonyl (C=O) groups is 3. The highest BCUT2D eigenvalue weighted by atomic mass is 16.5. The number of pyridine rings is 1. The number of imide groups is 1. The Morgan fingerprint density at radius 2 is 1.88 bits per heavy atom. The Morgan fingerprint density at radius 1 is 1.12 bits per heavy atom. The van der Waals surface area contributed by atoms with Crippen molar-refractivity contribution >= 4 is 24.0 Å². The molecule has 0 spiro atoms. The molecule has 0 radical (unpaired) electrons. The first-order valence-electron chi connectivity index (χ1n) is 10.6. The van der Waals surface area contributed by atoms with Gasteiger partial charge in [0.15, 0.2) is 6.10 Å². The standard InChI is InChI=1S/C24H27N3O5/c1-17(23(29)27-24(30)26-19-6-2-3-7-19)32-22(28)14-11-18-9-12-21(13-10-18)31-16-20-8-4-5-15-25-20/h4-5,8-15,17,19H,2-3,6-7,16H2,1H3,(H2,26,27,29,30). The quantitative estimate of drug-likeness (QED) is 0.484. The highest BCUT2D eigenvalue weighted by Crippen LogP contribution is 2.17. The zero-order chi connectivity index (χ0) is 22.8. The van der Waals surface area contributed by atoms with E-state index in [0.717, 1.165) is 36.9 Å². The van der Waals surface area contributed by atoms with Crippen LogP contribution in [0.2, 0.25) is 0 Å². The third-order valence-corrected chi connectivity index (χ3v) is 4.99. The van der Waals surface area contributed by atoms with Crippen molar-refractivity contribution < 1.29 is 23.9 Å². The predicted molar refractivity (Wildman–Crippen MR) is 119 cm³/mol. The van der Waals surface area contributed by atoms with Gasteiger partial charge in [0.05, 0.1) is 5.69 Å². The zero-order valence-electron chi connectivity index (χ0n) is 18.0. The molecule has 0 bridgehead atoms. The van der Waals surface area contributed by atoms with Crippen LogP contribution in [0, 0.1) is 0 Å². The zero-order valence-corrected chi connectivity index (χ0v) is 18.0. The van der Waals surface area contributed by atoms with Crippen molar-refractivity contribution in [2.45, 2.75) is 51.4 Å². The third kappa shape index (κ3) is 7.54. The summed E-state index contributed by atoms with van der Waals surface area (Å²) in [5.41, 5.74) is 1.59. The fourth-order valence-corrected chi connectivity index (χ4v) is 3.25. The average molecular weight is 437 g/mol. The van der Waals surface area contributed by atoms with Crippen LogP contribution < -0.4 is 15.4 Å². The molecule has 1 fully saturated rings. The number of rotatable bonds is 8. The third-order valence-electron chi connectivity index (χ3n) is 4.99. The van der Waals surface area contributed by atoms with Crippen LogP contribution in [-0.4, -0.2) is 35.0 Å². The number of carbonyl (C=O) groups excluding carboxylic acids is 3. The van der Waals surface area contributed by atoms with Crippen LogP contribution in [0.1, 0.15) is 43.9 Å². The molecule has 0 saturated heterocycles. The van der Waals surface area contributed by atoms with Crippen molar-refractivity contribution in [1.29, 1.82) is 0 Å². The first kappa shape index (κ1) is 23.0. The minimum atomic E-state index is -1.09. The Morgan fingerprint density at radius 3 is 2.56 bits per heavy atom. The average Bonchev–Trinajstić information content (AvgIpc) is 3.30. The Hall–Kier alpha value is -3.68. The molecule has 1 saturated carbocycles. The number of aromatic nitrogens is 1. The second-order valence-electron chi connectivity index (χ2n) is 7.54. The summed E-state index contributed by atoms with van der Waals surface area (Å²) < 4.78 is 10.7. The summed E-state index contributed by atoms with van der Waals surface area (Å²) in [5.74, 6) is -0.674. The van der Waals surface area contributed by atoms with Gasteiger partial charge in [0.1, 0.15) is 12.4 Å². The Bertz CT molecular complexity index is 938. The van der Waals surface area contributed by atoms with Gasteiger partial charge >= 0.3 is 12.0 Å². The maximum Gasteiger partial charge on any atom is 0.331 e. The van der Waals surface area contributed by atoms with Crippen LogP contribution in [0.5, 0.6) is 5.75 Å². The Labute approximate surface area is 187 Å². The predicted octanol–water partition coefficient (Wildman–Crippen LogP) is 3.37. The van der Waals surface area contributed by atoms with E-state index in [4.69, 9.17) is 9.47 Å². The largest absolute Gasteiger partial charge is 0.487 e. The molecule has 1 aliphatic rings. The van der Waals surface area contributed by atoms with Gasteiger partial charge in [0.2, 0.25) is 0 Å². The van der Waals surface area contributed by atoms with E-state index in [1.807, 2.05) is 18.2 Å². The lowest BCUT2D eigenvalue weighted by Crippen LogP contribution is -2.47. The van der Waals surface area contributed by atoms with Crippen LogP contribution in [0.25, 0.3) is 6.08 Å². The van der Waals surface area contributed by atoms with Crippen molar-refractivity contribution in [1.82, 2.24) is 15.6 Å². The van der Waals surface area contributed by atoms with Crippen molar-refractivity contribution in [3.63, 3.8) is 0 Å². The molecular formula is C24H27N3O5. The van der Waals surface area contributed by atoms with E-state index in [2.05, 4.69) is 15.6 Å². The molecule has 168 valence electrons. The molecule has 1 aliphatic carbocycles. The number of ether oxygens (including phenoxy) is 2. The maximum atomic E-state index is 12.0. The van der Waals surface area contributed by atoms with Gasteiger partial charge in [-0.15, -0.1) is 0 Å². The van der Waals surface area contributed by atoms with E-state index in [9.17, 15) is 14.4 Å². The fraction of sp³-hybridized carbons (Fsp3) is 0.333. The van der Waals surface area contributed by atoms with Crippen molar-refractivity contribution in [2.75, 3.05) is 0 Å². The number of hydrogen-bond donors (Lipinski definition) is 2. The van der Waals surface area contributed by atoms with Crippen molar-refractivity contribution in [3.05, 3.63) is 66.0 Å². The highest BCUT2D eigenvalue weighted by Gasteiger charge is 2.22. The number of esters is 1. The van der Waals surface area contributed by atoms with Crippen LogP contribution in [-0.2, 0) is 20.9 Å². The SMILES string of the molecule is CC(OC(=O)C=Cc1ccc(OCc2ccccn2)cc1)C(=O)NC(=O)NC1CCCC1. The minimum Gasteiger partial charge on any atom is -0.487 e. The van der Waals surface area contributed by atoms with Gasteiger partial charge in [-0.1, -0.05) is 31.0 Å². The summed E-state index contributed by atoms with van der Waals surface area (Å²) in [6.45, 7) is 1.78. The molecule has 2 aromatic rings. The van der Waals surface area contributed by atoms with Gasteiger partial charge in [-0.3, -0.25) is 15.1 Å². The topological polar surface area (TPSA) is 107 Å². The van der Waals surface area contributed by atoms with Gasteiger partial charge in [-0.25, -0.2) is 9.59 Å². The number of hydrogen-bond acceptors (Lipinski definition) is 6. The Balaban J connectivity index is 1.40. The van der Waals surface area contributed by atoms with E-state index in [-0.39, 0.29) is 6.04 Å².